The Morgan fingerprint density at radius 1 is 1.17 bits per heavy atom. The average molecular weight is 396 g/mol. The van der Waals surface area contributed by atoms with Crippen LogP contribution >= 0.6 is 0 Å². The molecule has 0 saturated carbocycles. The van der Waals surface area contributed by atoms with Crippen molar-refractivity contribution in [3.05, 3.63) is 60.2 Å². The first-order valence-corrected chi connectivity index (χ1v) is 9.46. The molecule has 29 heavy (non-hydrogen) atoms. The van der Waals surface area contributed by atoms with Gasteiger partial charge in [-0.15, -0.1) is 0 Å². The summed E-state index contributed by atoms with van der Waals surface area (Å²) in [6, 6.07) is 16.4. The molecule has 0 bridgehead atoms. The first-order valence-electron chi connectivity index (χ1n) is 9.46. The SMILES string of the molecule is COc1ccc(N2CC(C(=O)NCC(Cc3ccccc3)C(=O)O)CC2=O)cc1. The van der Waals surface area contributed by atoms with E-state index in [0.717, 1.165) is 5.56 Å². The van der Waals surface area contributed by atoms with Gasteiger partial charge in [-0.3, -0.25) is 14.4 Å². The fourth-order valence-electron chi connectivity index (χ4n) is 3.41. The van der Waals surface area contributed by atoms with Crippen molar-refractivity contribution in [2.45, 2.75) is 12.8 Å². The van der Waals surface area contributed by atoms with Crippen molar-refractivity contribution in [3.63, 3.8) is 0 Å². The van der Waals surface area contributed by atoms with E-state index in [-0.39, 0.29) is 31.3 Å². The molecule has 7 heteroatoms. The van der Waals surface area contributed by atoms with Crippen LogP contribution in [0.1, 0.15) is 12.0 Å². The summed E-state index contributed by atoms with van der Waals surface area (Å²) < 4.78 is 5.12. The minimum absolute atomic E-state index is 0.0241. The van der Waals surface area contributed by atoms with Crippen molar-refractivity contribution in [2.24, 2.45) is 11.8 Å². The van der Waals surface area contributed by atoms with Gasteiger partial charge in [0.2, 0.25) is 11.8 Å². The number of nitrogens with one attached hydrogen (secondary N) is 1. The minimum Gasteiger partial charge on any atom is -0.497 e. The molecule has 1 aliphatic heterocycles. The standard InChI is InChI=1S/C22H24N2O5/c1-29-19-9-7-18(8-10-19)24-14-17(12-20(24)25)21(26)23-13-16(22(27)28)11-15-5-3-2-4-6-15/h2-10,16-17H,11-14H2,1H3,(H,23,26)(H,27,28). The molecule has 2 aromatic carbocycles. The number of amides is 2. The van der Waals surface area contributed by atoms with E-state index < -0.39 is 17.8 Å². The third kappa shape index (κ3) is 5.13. The number of benzene rings is 2. The van der Waals surface area contributed by atoms with Crippen molar-refractivity contribution in [3.8, 4) is 5.75 Å². The van der Waals surface area contributed by atoms with Gasteiger partial charge in [-0.2, -0.15) is 0 Å². The lowest BCUT2D eigenvalue weighted by molar-refractivity contribution is -0.141. The number of anilines is 1. The molecule has 2 aromatic rings. The Bertz CT molecular complexity index is 867. The van der Waals surface area contributed by atoms with E-state index in [4.69, 9.17) is 4.74 Å². The second kappa shape index (κ2) is 9.23. The van der Waals surface area contributed by atoms with Gasteiger partial charge in [0.05, 0.1) is 18.9 Å². The summed E-state index contributed by atoms with van der Waals surface area (Å²) in [5, 5.41) is 12.2. The van der Waals surface area contributed by atoms with Crippen LogP contribution in [0.4, 0.5) is 5.69 Å². The first kappa shape index (κ1) is 20.4. The summed E-state index contributed by atoms with van der Waals surface area (Å²) in [6.07, 6.45) is 0.437. The van der Waals surface area contributed by atoms with Crippen molar-refractivity contribution in [1.82, 2.24) is 5.32 Å². The molecule has 1 saturated heterocycles. The molecule has 0 spiro atoms. The highest BCUT2D eigenvalue weighted by molar-refractivity contribution is 6.00. The Kier molecular flexibility index (Phi) is 6.49. The third-order valence-electron chi connectivity index (χ3n) is 5.08. The molecule has 152 valence electrons. The van der Waals surface area contributed by atoms with Crippen molar-refractivity contribution >= 4 is 23.5 Å². The van der Waals surface area contributed by atoms with E-state index in [1.807, 2.05) is 30.3 Å². The van der Waals surface area contributed by atoms with Crippen molar-refractivity contribution < 1.29 is 24.2 Å². The Morgan fingerprint density at radius 2 is 1.86 bits per heavy atom. The van der Waals surface area contributed by atoms with E-state index in [2.05, 4.69) is 5.32 Å². The summed E-state index contributed by atoms with van der Waals surface area (Å²) >= 11 is 0. The number of ether oxygens (including phenoxy) is 1. The molecule has 2 atom stereocenters. The maximum atomic E-state index is 12.5. The summed E-state index contributed by atoms with van der Waals surface area (Å²) in [4.78, 5) is 38.0. The highest BCUT2D eigenvalue weighted by atomic mass is 16.5. The van der Waals surface area contributed by atoms with Crippen molar-refractivity contribution in [2.75, 3.05) is 25.1 Å². The molecule has 2 unspecified atom stereocenters. The highest BCUT2D eigenvalue weighted by Gasteiger charge is 2.35. The number of aliphatic carboxylic acids is 1. The van der Waals surface area contributed by atoms with Crippen LogP contribution in [0.3, 0.4) is 0 Å². The molecular weight excluding hydrogens is 372 g/mol. The van der Waals surface area contributed by atoms with Gasteiger partial charge in [0, 0.05) is 25.2 Å². The van der Waals surface area contributed by atoms with Crippen LogP contribution in [0.15, 0.2) is 54.6 Å². The second-order valence-corrected chi connectivity index (χ2v) is 7.07. The molecule has 1 aliphatic rings. The summed E-state index contributed by atoms with van der Waals surface area (Å²) in [6.45, 7) is 0.295. The van der Waals surface area contributed by atoms with Crippen LogP contribution in [0, 0.1) is 11.8 Å². The molecule has 1 fully saturated rings. The number of carboxylic acid groups (broad SMARTS) is 1. The van der Waals surface area contributed by atoms with Gasteiger partial charge in [0.1, 0.15) is 5.75 Å². The Hall–Kier alpha value is -3.35. The number of carbonyl (C=O) groups is 3. The van der Waals surface area contributed by atoms with Gasteiger partial charge in [-0.25, -0.2) is 0 Å². The number of carbonyl (C=O) groups excluding carboxylic acids is 2. The van der Waals surface area contributed by atoms with Gasteiger partial charge < -0.3 is 20.1 Å². The van der Waals surface area contributed by atoms with Crippen LogP contribution in [-0.2, 0) is 20.8 Å². The van der Waals surface area contributed by atoms with Gasteiger partial charge in [0.15, 0.2) is 0 Å². The van der Waals surface area contributed by atoms with Gasteiger partial charge >= 0.3 is 5.97 Å². The zero-order chi connectivity index (χ0) is 20.8. The predicted molar refractivity (Wildman–Crippen MR) is 108 cm³/mol. The molecule has 1 heterocycles. The summed E-state index contributed by atoms with van der Waals surface area (Å²) in [5.74, 6) is -1.93. The number of hydrogen-bond donors (Lipinski definition) is 2. The molecule has 0 aliphatic carbocycles. The summed E-state index contributed by atoms with van der Waals surface area (Å²) in [5.41, 5.74) is 1.61. The largest absolute Gasteiger partial charge is 0.497 e. The molecule has 3 rings (SSSR count). The lowest BCUT2D eigenvalue weighted by Gasteiger charge is -2.18. The van der Waals surface area contributed by atoms with E-state index >= 15 is 0 Å². The zero-order valence-corrected chi connectivity index (χ0v) is 16.2. The highest BCUT2D eigenvalue weighted by Crippen LogP contribution is 2.27. The van der Waals surface area contributed by atoms with E-state index in [0.29, 0.717) is 17.9 Å². The smallest absolute Gasteiger partial charge is 0.308 e. The molecular formula is C22H24N2O5. The number of methoxy groups -OCH3 is 1. The lowest BCUT2D eigenvalue weighted by Crippen LogP contribution is -2.38. The van der Waals surface area contributed by atoms with E-state index in [1.54, 1.807) is 36.3 Å². The van der Waals surface area contributed by atoms with E-state index in [9.17, 15) is 19.5 Å². The molecule has 7 nitrogen and oxygen atoms in total. The lowest BCUT2D eigenvalue weighted by atomic mass is 9.99. The normalized spacial score (nSPS) is 17.1. The zero-order valence-electron chi connectivity index (χ0n) is 16.2. The summed E-state index contributed by atoms with van der Waals surface area (Å²) in [7, 11) is 1.57. The Morgan fingerprint density at radius 3 is 2.48 bits per heavy atom. The number of hydrogen-bond acceptors (Lipinski definition) is 4. The first-order chi connectivity index (χ1) is 14.0. The van der Waals surface area contributed by atoms with Crippen LogP contribution < -0.4 is 15.0 Å². The molecule has 2 N–H and O–H groups in total. The monoisotopic (exact) mass is 396 g/mol. The second-order valence-electron chi connectivity index (χ2n) is 7.07. The van der Waals surface area contributed by atoms with Crippen LogP contribution in [-0.4, -0.2) is 43.1 Å². The maximum Gasteiger partial charge on any atom is 0.308 e. The van der Waals surface area contributed by atoms with Gasteiger partial charge in [-0.1, -0.05) is 30.3 Å². The molecule has 2 amide bonds. The molecule has 0 radical (unpaired) electrons. The van der Waals surface area contributed by atoms with Gasteiger partial charge in [-0.05, 0) is 36.2 Å². The van der Waals surface area contributed by atoms with Gasteiger partial charge in [0.25, 0.3) is 0 Å². The Balaban J connectivity index is 1.57. The van der Waals surface area contributed by atoms with Crippen molar-refractivity contribution in [1.29, 1.82) is 0 Å². The van der Waals surface area contributed by atoms with E-state index in [1.165, 1.54) is 0 Å². The predicted octanol–water partition coefficient (Wildman–Crippen LogP) is 2.11. The number of rotatable bonds is 8. The molecule has 0 aromatic heterocycles. The van der Waals surface area contributed by atoms with Crippen LogP contribution in [0.5, 0.6) is 5.75 Å². The Labute approximate surface area is 169 Å². The topological polar surface area (TPSA) is 95.9 Å². The minimum atomic E-state index is -0.962. The quantitative estimate of drug-likeness (QED) is 0.713. The number of nitrogens with zero attached hydrogens (tertiary/aromatic N) is 1. The maximum absolute atomic E-state index is 12.5. The third-order valence-corrected chi connectivity index (χ3v) is 5.08. The fraction of sp³-hybridized carbons (Fsp3) is 0.318. The average Bonchev–Trinajstić information content (AvgIpc) is 3.13. The number of carboxylic acids is 1. The van der Waals surface area contributed by atoms with Crippen LogP contribution in [0.25, 0.3) is 0 Å². The fourth-order valence-corrected chi connectivity index (χ4v) is 3.41. The van der Waals surface area contributed by atoms with Crippen LogP contribution in [0.2, 0.25) is 0 Å².